The summed E-state index contributed by atoms with van der Waals surface area (Å²) in [6.07, 6.45) is 2.79. The van der Waals surface area contributed by atoms with Gasteiger partial charge in [-0.25, -0.2) is 0 Å². The molecule has 0 aromatic carbocycles. The monoisotopic (exact) mass is 306 g/mol. The maximum Gasteiger partial charge on any atom is 0.276 e. The molecule has 1 fully saturated rings. The van der Waals surface area contributed by atoms with Gasteiger partial charge in [0, 0.05) is 25.1 Å². The second kappa shape index (κ2) is 5.93. The number of aryl methyl sites for hydroxylation is 2. The van der Waals surface area contributed by atoms with Crippen molar-refractivity contribution in [1.29, 1.82) is 0 Å². The summed E-state index contributed by atoms with van der Waals surface area (Å²) < 4.78 is 4.97. The fraction of sp³-hybridized carbons (Fsp3) is 0.571. The number of amides is 1. The summed E-state index contributed by atoms with van der Waals surface area (Å²) >= 11 is 1.70. The molecule has 0 N–H and O–H groups in total. The molecule has 1 saturated heterocycles. The first-order valence-corrected chi connectivity index (χ1v) is 8.04. The SMILES string of the molecule is CCc1nnc(C2CCN(C(=O)c3cc(C)on3)CC2)s1. The standard InChI is InChI=1S/C14H18N4O2S/c1-3-12-15-16-13(21-12)10-4-6-18(7-5-10)14(19)11-8-9(2)20-17-11/h8,10H,3-7H2,1-2H3. The molecule has 0 bridgehead atoms. The fourth-order valence-corrected chi connectivity index (χ4v) is 3.48. The Kier molecular flexibility index (Phi) is 4.01. The predicted molar refractivity (Wildman–Crippen MR) is 78.4 cm³/mol. The van der Waals surface area contributed by atoms with Gasteiger partial charge in [-0.15, -0.1) is 21.5 Å². The zero-order valence-electron chi connectivity index (χ0n) is 12.2. The van der Waals surface area contributed by atoms with Crippen molar-refractivity contribution in [3.8, 4) is 0 Å². The molecule has 7 heteroatoms. The molecule has 3 rings (SSSR count). The van der Waals surface area contributed by atoms with E-state index < -0.39 is 0 Å². The number of rotatable bonds is 3. The Labute approximate surface area is 127 Å². The molecule has 2 aromatic heterocycles. The van der Waals surface area contributed by atoms with Crippen LogP contribution in [0.5, 0.6) is 0 Å². The number of nitrogens with zero attached hydrogens (tertiary/aromatic N) is 4. The van der Waals surface area contributed by atoms with Gasteiger partial charge >= 0.3 is 0 Å². The van der Waals surface area contributed by atoms with Gasteiger partial charge in [0.15, 0.2) is 5.69 Å². The van der Waals surface area contributed by atoms with E-state index in [2.05, 4.69) is 22.3 Å². The summed E-state index contributed by atoms with van der Waals surface area (Å²) in [5, 5.41) is 14.4. The molecule has 21 heavy (non-hydrogen) atoms. The highest BCUT2D eigenvalue weighted by Crippen LogP contribution is 2.30. The Bertz CT molecular complexity index is 628. The first-order valence-electron chi connectivity index (χ1n) is 7.22. The lowest BCUT2D eigenvalue weighted by atomic mass is 9.97. The number of carbonyl (C=O) groups excluding carboxylic acids is 1. The van der Waals surface area contributed by atoms with Crippen LogP contribution in [0, 0.1) is 6.92 Å². The molecule has 0 saturated carbocycles. The molecule has 1 aliphatic heterocycles. The minimum atomic E-state index is -0.0446. The zero-order chi connectivity index (χ0) is 14.8. The quantitative estimate of drug-likeness (QED) is 0.870. The summed E-state index contributed by atoms with van der Waals surface area (Å²) in [6.45, 7) is 5.34. The molecule has 0 radical (unpaired) electrons. The summed E-state index contributed by atoms with van der Waals surface area (Å²) in [7, 11) is 0. The lowest BCUT2D eigenvalue weighted by Crippen LogP contribution is -2.38. The minimum Gasteiger partial charge on any atom is -0.361 e. The van der Waals surface area contributed by atoms with Crippen molar-refractivity contribution in [2.24, 2.45) is 0 Å². The predicted octanol–water partition coefficient (Wildman–Crippen LogP) is 2.42. The van der Waals surface area contributed by atoms with Gasteiger partial charge in [0.25, 0.3) is 5.91 Å². The lowest BCUT2D eigenvalue weighted by Gasteiger charge is -2.30. The average Bonchev–Trinajstić information content (AvgIpc) is 3.15. The van der Waals surface area contributed by atoms with E-state index in [1.165, 1.54) is 0 Å². The molecule has 2 aromatic rings. The third-order valence-electron chi connectivity index (χ3n) is 3.76. The molecular formula is C14H18N4O2S. The molecule has 112 valence electrons. The second-order valence-corrected chi connectivity index (χ2v) is 6.37. The Morgan fingerprint density at radius 2 is 2.19 bits per heavy atom. The molecule has 0 spiro atoms. The van der Waals surface area contributed by atoms with Crippen LogP contribution >= 0.6 is 11.3 Å². The van der Waals surface area contributed by atoms with Gasteiger partial charge in [-0.05, 0) is 26.2 Å². The lowest BCUT2D eigenvalue weighted by molar-refractivity contribution is 0.0702. The molecule has 0 aliphatic carbocycles. The molecule has 6 nitrogen and oxygen atoms in total. The van der Waals surface area contributed by atoms with Crippen molar-refractivity contribution in [1.82, 2.24) is 20.3 Å². The van der Waals surface area contributed by atoms with Crippen molar-refractivity contribution < 1.29 is 9.32 Å². The number of hydrogen-bond acceptors (Lipinski definition) is 6. The van der Waals surface area contributed by atoms with Gasteiger partial charge in [-0.3, -0.25) is 4.79 Å². The van der Waals surface area contributed by atoms with Gasteiger partial charge in [-0.1, -0.05) is 12.1 Å². The van der Waals surface area contributed by atoms with E-state index in [9.17, 15) is 4.79 Å². The topological polar surface area (TPSA) is 72.1 Å². The van der Waals surface area contributed by atoms with E-state index in [0.717, 1.165) is 42.4 Å². The molecular weight excluding hydrogens is 288 g/mol. The maximum absolute atomic E-state index is 12.3. The van der Waals surface area contributed by atoms with E-state index in [1.54, 1.807) is 24.3 Å². The van der Waals surface area contributed by atoms with Crippen molar-refractivity contribution in [3.63, 3.8) is 0 Å². The molecule has 0 unspecified atom stereocenters. The van der Waals surface area contributed by atoms with E-state index in [4.69, 9.17) is 4.52 Å². The van der Waals surface area contributed by atoms with Crippen molar-refractivity contribution in [2.75, 3.05) is 13.1 Å². The van der Waals surface area contributed by atoms with Crippen LogP contribution in [-0.4, -0.2) is 39.3 Å². The Morgan fingerprint density at radius 1 is 1.43 bits per heavy atom. The first kappa shape index (κ1) is 14.2. The number of likely N-dealkylation sites (tertiary alicyclic amines) is 1. The molecule has 1 aliphatic rings. The smallest absolute Gasteiger partial charge is 0.276 e. The van der Waals surface area contributed by atoms with Gasteiger partial charge < -0.3 is 9.42 Å². The van der Waals surface area contributed by atoms with Crippen molar-refractivity contribution in [2.45, 2.75) is 39.0 Å². The third kappa shape index (κ3) is 2.97. The number of carbonyl (C=O) groups is 1. The van der Waals surface area contributed by atoms with Crippen LogP contribution in [0.15, 0.2) is 10.6 Å². The average molecular weight is 306 g/mol. The maximum atomic E-state index is 12.3. The summed E-state index contributed by atoms with van der Waals surface area (Å²) in [5.41, 5.74) is 0.398. The second-order valence-electron chi connectivity index (χ2n) is 5.28. The van der Waals surface area contributed by atoms with Gasteiger partial charge in [0.2, 0.25) is 0 Å². The summed E-state index contributed by atoms with van der Waals surface area (Å²) in [4.78, 5) is 14.1. The van der Waals surface area contributed by atoms with Crippen LogP contribution in [0.2, 0.25) is 0 Å². The number of aromatic nitrogens is 3. The Balaban J connectivity index is 1.61. The largest absolute Gasteiger partial charge is 0.361 e. The van der Waals surface area contributed by atoms with Gasteiger partial charge in [0.1, 0.15) is 15.8 Å². The highest BCUT2D eigenvalue weighted by Gasteiger charge is 2.27. The van der Waals surface area contributed by atoms with Crippen LogP contribution < -0.4 is 0 Å². The zero-order valence-corrected chi connectivity index (χ0v) is 13.0. The highest BCUT2D eigenvalue weighted by molar-refractivity contribution is 7.11. The summed E-state index contributed by atoms with van der Waals surface area (Å²) in [5.74, 6) is 1.04. The third-order valence-corrected chi connectivity index (χ3v) is 4.99. The van der Waals surface area contributed by atoms with Gasteiger partial charge in [0.05, 0.1) is 0 Å². The van der Waals surface area contributed by atoms with Crippen LogP contribution in [0.3, 0.4) is 0 Å². The molecule has 1 amide bonds. The first-order chi connectivity index (χ1) is 10.2. The van der Waals surface area contributed by atoms with E-state index in [0.29, 0.717) is 17.4 Å². The Morgan fingerprint density at radius 3 is 2.76 bits per heavy atom. The summed E-state index contributed by atoms with van der Waals surface area (Å²) in [6, 6.07) is 1.69. The van der Waals surface area contributed by atoms with Crippen molar-refractivity contribution >= 4 is 17.2 Å². The molecule has 0 atom stereocenters. The van der Waals surface area contributed by atoms with E-state index >= 15 is 0 Å². The van der Waals surface area contributed by atoms with Crippen LogP contribution in [0.1, 0.15) is 51.9 Å². The van der Waals surface area contributed by atoms with E-state index in [1.807, 2.05) is 4.90 Å². The van der Waals surface area contributed by atoms with E-state index in [-0.39, 0.29) is 5.91 Å². The van der Waals surface area contributed by atoms with Crippen molar-refractivity contribution in [3.05, 3.63) is 27.5 Å². The molecule has 3 heterocycles. The van der Waals surface area contributed by atoms with Gasteiger partial charge in [-0.2, -0.15) is 0 Å². The minimum absolute atomic E-state index is 0.0446. The van der Waals surface area contributed by atoms with Crippen LogP contribution in [0.25, 0.3) is 0 Å². The normalized spacial score (nSPS) is 16.4. The Hall–Kier alpha value is -1.76. The fourth-order valence-electron chi connectivity index (χ4n) is 2.53. The highest BCUT2D eigenvalue weighted by atomic mass is 32.1. The van der Waals surface area contributed by atoms with Crippen LogP contribution in [-0.2, 0) is 6.42 Å². The van der Waals surface area contributed by atoms with Crippen LogP contribution in [0.4, 0.5) is 0 Å². The number of piperidine rings is 1. The number of hydrogen-bond donors (Lipinski definition) is 0.